The second-order valence-corrected chi connectivity index (χ2v) is 5.77. The second-order valence-electron chi connectivity index (χ2n) is 5.46. The van der Waals surface area contributed by atoms with E-state index in [4.69, 9.17) is 16.0 Å². The van der Waals surface area contributed by atoms with Gasteiger partial charge in [0.15, 0.2) is 5.76 Å². The molecule has 1 aliphatic rings. The van der Waals surface area contributed by atoms with Crippen molar-refractivity contribution in [2.75, 3.05) is 12.4 Å². The van der Waals surface area contributed by atoms with Gasteiger partial charge in [0.1, 0.15) is 5.58 Å². The van der Waals surface area contributed by atoms with Crippen LogP contribution in [0.15, 0.2) is 34.7 Å². The van der Waals surface area contributed by atoms with Gasteiger partial charge >= 0.3 is 0 Å². The van der Waals surface area contributed by atoms with Crippen molar-refractivity contribution >= 4 is 28.5 Å². The highest BCUT2D eigenvalue weighted by Crippen LogP contribution is 2.32. The average Bonchev–Trinajstić information content (AvgIpc) is 3.10. The fourth-order valence-corrected chi connectivity index (χ4v) is 3.40. The minimum absolute atomic E-state index is 0.138. The van der Waals surface area contributed by atoms with Crippen LogP contribution < -0.4 is 5.32 Å². The Morgan fingerprint density at radius 3 is 2.90 bits per heavy atom. The van der Waals surface area contributed by atoms with Crippen molar-refractivity contribution in [2.24, 2.45) is 11.8 Å². The molecule has 2 atom stereocenters. The molecule has 0 spiro atoms. The zero-order valence-electron chi connectivity index (χ0n) is 11.3. The second kappa shape index (κ2) is 5.88. The van der Waals surface area contributed by atoms with Gasteiger partial charge in [-0.15, -0.1) is 11.6 Å². The Hall–Kier alpha value is -1.48. The summed E-state index contributed by atoms with van der Waals surface area (Å²) in [5, 5.41) is 3.93. The first-order chi connectivity index (χ1) is 9.78. The van der Waals surface area contributed by atoms with Gasteiger partial charge in [-0.2, -0.15) is 0 Å². The van der Waals surface area contributed by atoms with Crippen molar-refractivity contribution in [1.29, 1.82) is 0 Å². The van der Waals surface area contributed by atoms with Gasteiger partial charge in [-0.3, -0.25) is 4.79 Å². The normalized spacial score (nSPS) is 22.2. The predicted octanol–water partition coefficient (Wildman–Crippen LogP) is 3.82. The van der Waals surface area contributed by atoms with Crippen LogP contribution in [-0.4, -0.2) is 18.3 Å². The van der Waals surface area contributed by atoms with Gasteiger partial charge in [-0.05, 0) is 36.8 Å². The van der Waals surface area contributed by atoms with Gasteiger partial charge in [-0.1, -0.05) is 24.6 Å². The maximum atomic E-state index is 12.1. The maximum Gasteiger partial charge on any atom is 0.287 e. The molecule has 1 aromatic heterocycles. The quantitative estimate of drug-likeness (QED) is 0.870. The summed E-state index contributed by atoms with van der Waals surface area (Å²) < 4.78 is 5.56. The van der Waals surface area contributed by atoms with E-state index in [-0.39, 0.29) is 5.91 Å². The number of hydrogen-bond acceptors (Lipinski definition) is 2. The van der Waals surface area contributed by atoms with Gasteiger partial charge in [0, 0.05) is 17.8 Å². The molecule has 1 N–H and O–H groups in total. The fourth-order valence-electron chi connectivity index (χ4n) is 2.99. The standard InChI is InChI=1S/C16H18ClNO2/c17-9-12-5-3-6-13(12)10-18-16(19)15-8-11-4-1-2-7-14(11)20-15/h1-2,4,7-8,12-13H,3,5-6,9-10H2,(H,18,19). The van der Waals surface area contributed by atoms with E-state index < -0.39 is 0 Å². The van der Waals surface area contributed by atoms with Crippen molar-refractivity contribution in [3.63, 3.8) is 0 Å². The average molecular weight is 292 g/mol. The number of rotatable bonds is 4. The van der Waals surface area contributed by atoms with E-state index in [1.807, 2.05) is 24.3 Å². The lowest BCUT2D eigenvalue weighted by atomic mass is 9.98. The molecular formula is C16H18ClNO2. The van der Waals surface area contributed by atoms with Crippen molar-refractivity contribution in [2.45, 2.75) is 19.3 Å². The van der Waals surface area contributed by atoms with E-state index in [0.29, 0.717) is 30.0 Å². The Morgan fingerprint density at radius 1 is 1.30 bits per heavy atom. The number of amides is 1. The minimum Gasteiger partial charge on any atom is -0.451 e. The molecule has 106 valence electrons. The lowest BCUT2D eigenvalue weighted by Crippen LogP contribution is -2.31. The molecule has 1 aliphatic carbocycles. The molecular weight excluding hydrogens is 274 g/mol. The number of halogens is 1. The molecule has 1 amide bonds. The molecule has 3 rings (SSSR count). The Bertz CT molecular complexity index is 574. The number of nitrogens with one attached hydrogen (secondary N) is 1. The van der Waals surface area contributed by atoms with Crippen molar-refractivity contribution in [3.05, 3.63) is 36.1 Å². The number of furan rings is 1. The molecule has 1 fully saturated rings. The SMILES string of the molecule is O=C(NCC1CCCC1CCl)c1cc2ccccc2o1. The molecule has 1 aromatic carbocycles. The zero-order chi connectivity index (χ0) is 13.9. The van der Waals surface area contributed by atoms with Crippen LogP contribution in [0.5, 0.6) is 0 Å². The Balaban J connectivity index is 1.64. The van der Waals surface area contributed by atoms with Crippen LogP contribution in [-0.2, 0) is 0 Å². The van der Waals surface area contributed by atoms with E-state index in [1.54, 1.807) is 6.07 Å². The number of para-hydroxylation sites is 1. The largest absolute Gasteiger partial charge is 0.451 e. The molecule has 0 bridgehead atoms. The van der Waals surface area contributed by atoms with Crippen LogP contribution in [0.25, 0.3) is 11.0 Å². The van der Waals surface area contributed by atoms with Gasteiger partial charge in [0.05, 0.1) is 0 Å². The number of benzene rings is 1. The summed E-state index contributed by atoms with van der Waals surface area (Å²) in [6.07, 6.45) is 3.54. The highest BCUT2D eigenvalue weighted by Gasteiger charge is 2.27. The van der Waals surface area contributed by atoms with Crippen molar-refractivity contribution < 1.29 is 9.21 Å². The van der Waals surface area contributed by atoms with Crippen LogP contribution in [0.3, 0.4) is 0 Å². The third-order valence-corrected chi connectivity index (χ3v) is 4.59. The smallest absolute Gasteiger partial charge is 0.287 e. The van der Waals surface area contributed by atoms with E-state index in [0.717, 1.165) is 17.4 Å². The first-order valence-electron chi connectivity index (χ1n) is 7.10. The predicted molar refractivity (Wildman–Crippen MR) is 80.1 cm³/mol. The Labute approximate surface area is 123 Å². The van der Waals surface area contributed by atoms with Crippen LogP contribution in [0.4, 0.5) is 0 Å². The summed E-state index contributed by atoms with van der Waals surface area (Å²) >= 11 is 5.96. The van der Waals surface area contributed by atoms with Gasteiger partial charge < -0.3 is 9.73 Å². The van der Waals surface area contributed by atoms with Gasteiger partial charge in [0.2, 0.25) is 0 Å². The van der Waals surface area contributed by atoms with Crippen LogP contribution in [0, 0.1) is 11.8 Å². The number of carbonyl (C=O) groups excluding carboxylic acids is 1. The van der Waals surface area contributed by atoms with Gasteiger partial charge in [-0.25, -0.2) is 0 Å². The fraction of sp³-hybridized carbons (Fsp3) is 0.438. The Kier molecular flexibility index (Phi) is 3.97. The summed E-state index contributed by atoms with van der Waals surface area (Å²) in [5.74, 6) is 1.96. The van der Waals surface area contributed by atoms with Crippen LogP contribution >= 0.6 is 11.6 Å². The lowest BCUT2D eigenvalue weighted by Gasteiger charge is -2.17. The van der Waals surface area contributed by atoms with Crippen LogP contribution in [0.1, 0.15) is 29.8 Å². The first kappa shape index (κ1) is 13.5. The maximum absolute atomic E-state index is 12.1. The Morgan fingerprint density at radius 2 is 2.10 bits per heavy atom. The third kappa shape index (κ3) is 2.68. The molecule has 20 heavy (non-hydrogen) atoms. The summed E-state index contributed by atoms with van der Waals surface area (Å²) in [4.78, 5) is 12.1. The van der Waals surface area contributed by atoms with Gasteiger partial charge in [0.25, 0.3) is 5.91 Å². The lowest BCUT2D eigenvalue weighted by molar-refractivity contribution is 0.0919. The highest BCUT2D eigenvalue weighted by molar-refractivity contribution is 6.18. The molecule has 1 saturated carbocycles. The third-order valence-electron chi connectivity index (χ3n) is 4.19. The molecule has 4 heteroatoms. The van der Waals surface area contributed by atoms with E-state index in [9.17, 15) is 4.79 Å². The van der Waals surface area contributed by atoms with E-state index in [2.05, 4.69) is 5.32 Å². The molecule has 0 radical (unpaired) electrons. The molecule has 2 unspecified atom stereocenters. The topological polar surface area (TPSA) is 42.2 Å². The monoisotopic (exact) mass is 291 g/mol. The summed E-state index contributed by atoms with van der Waals surface area (Å²) in [6, 6.07) is 9.43. The van der Waals surface area contributed by atoms with E-state index in [1.165, 1.54) is 12.8 Å². The molecule has 2 aromatic rings. The molecule has 0 saturated heterocycles. The molecule has 1 heterocycles. The van der Waals surface area contributed by atoms with Crippen molar-refractivity contribution in [1.82, 2.24) is 5.32 Å². The van der Waals surface area contributed by atoms with E-state index >= 15 is 0 Å². The summed E-state index contributed by atoms with van der Waals surface area (Å²) in [7, 11) is 0. The first-order valence-corrected chi connectivity index (χ1v) is 7.64. The molecule has 3 nitrogen and oxygen atoms in total. The summed E-state index contributed by atoms with van der Waals surface area (Å²) in [5.41, 5.74) is 0.747. The van der Waals surface area contributed by atoms with Crippen molar-refractivity contribution in [3.8, 4) is 0 Å². The summed E-state index contributed by atoms with van der Waals surface area (Å²) in [6.45, 7) is 0.688. The minimum atomic E-state index is -0.138. The van der Waals surface area contributed by atoms with Crippen LogP contribution in [0.2, 0.25) is 0 Å². The highest BCUT2D eigenvalue weighted by atomic mass is 35.5. The number of carbonyl (C=O) groups is 1. The number of alkyl halides is 1. The molecule has 0 aliphatic heterocycles. The number of fused-ring (bicyclic) bond motifs is 1. The number of hydrogen-bond donors (Lipinski definition) is 1. The zero-order valence-corrected chi connectivity index (χ0v) is 12.0.